The fourth-order valence-corrected chi connectivity index (χ4v) is 5.37. The van der Waals surface area contributed by atoms with Gasteiger partial charge in [-0.15, -0.1) is 0 Å². The van der Waals surface area contributed by atoms with Crippen molar-refractivity contribution in [2.24, 2.45) is 4.99 Å². The van der Waals surface area contributed by atoms with Crippen LogP contribution in [0, 0.1) is 3.77 Å². The lowest BCUT2D eigenvalue weighted by atomic mass is 9.95. The van der Waals surface area contributed by atoms with Gasteiger partial charge in [-0.3, -0.25) is 9.36 Å². The molecule has 33 heavy (non-hydrogen) atoms. The maximum Gasteiger partial charge on any atom is 0.338 e. The number of hydrogen-bond donors (Lipinski definition) is 0. The van der Waals surface area contributed by atoms with Crippen LogP contribution in [-0.4, -0.2) is 31.2 Å². The van der Waals surface area contributed by atoms with Gasteiger partial charge >= 0.3 is 5.97 Å². The monoisotopic (exact) mass is 641 g/mol. The van der Waals surface area contributed by atoms with Crippen molar-refractivity contribution >= 4 is 67.6 Å². The van der Waals surface area contributed by atoms with Crippen LogP contribution in [0.2, 0.25) is 0 Å². The summed E-state index contributed by atoms with van der Waals surface area (Å²) >= 11 is 6.77. The van der Waals surface area contributed by atoms with Crippen LogP contribution in [0.15, 0.2) is 60.3 Å². The molecule has 1 aliphatic rings. The van der Waals surface area contributed by atoms with Crippen molar-refractivity contribution in [3.05, 3.63) is 80.9 Å². The number of thiazole rings is 1. The lowest BCUT2D eigenvalue weighted by Gasteiger charge is -2.25. The van der Waals surface area contributed by atoms with Gasteiger partial charge in [-0.1, -0.05) is 23.5 Å². The van der Waals surface area contributed by atoms with Crippen molar-refractivity contribution in [2.75, 3.05) is 25.6 Å². The van der Waals surface area contributed by atoms with Crippen LogP contribution in [0.1, 0.15) is 31.2 Å². The smallest absolute Gasteiger partial charge is 0.338 e. The van der Waals surface area contributed by atoms with Gasteiger partial charge in [-0.05, 0) is 53.5 Å². The summed E-state index contributed by atoms with van der Waals surface area (Å²) in [6.07, 6.45) is 1.70. The Labute approximate surface area is 216 Å². The first-order valence-electron chi connectivity index (χ1n) is 10.1. The fourth-order valence-electron chi connectivity index (χ4n) is 3.63. The largest absolute Gasteiger partial charge is 0.463 e. The highest BCUT2D eigenvalue weighted by Crippen LogP contribution is 2.31. The summed E-state index contributed by atoms with van der Waals surface area (Å²) in [6.45, 7) is 3.77. The highest BCUT2D eigenvalue weighted by Gasteiger charge is 2.33. The lowest BCUT2D eigenvalue weighted by molar-refractivity contribution is -0.139. The van der Waals surface area contributed by atoms with Crippen LogP contribution in [-0.2, 0) is 9.53 Å². The number of carbonyl (C=O) groups is 1. The molecule has 0 aliphatic carbocycles. The van der Waals surface area contributed by atoms with Gasteiger partial charge in [0, 0.05) is 48.4 Å². The number of halogens is 2. The van der Waals surface area contributed by atoms with Crippen molar-refractivity contribution < 1.29 is 13.9 Å². The molecule has 0 spiro atoms. The number of esters is 1. The Bertz CT molecular complexity index is 1410. The molecule has 1 aromatic carbocycles. The molecule has 0 amide bonds. The minimum absolute atomic E-state index is 0.234. The van der Waals surface area contributed by atoms with Crippen LogP contribution < -0.4 is 19.8 Å². The lowest BCUT2D eigenvalue weighted by Crippen LogP contribution is -2.39. The second-order valence-electron chi connectivity index (χ2n) is 7.56. The molecule has 10 heteroatoms. The van der Waals surface area contributed by atoms with Crippen LogP contribution in [0.5, 0.6) is 0 Å². The average Bonchev–Trinajstić information content (AvgIpc) is 3.25. The maximum absolute atomic E-state index is 13.5. The summed E-state index contributed by atoms with van der Waals surface area (Å²) in [5.41, 5.74) is 2.49. The third-order valence-electron chi connectivity index (χ3n) is 5.18. The highest BCUT2D eigenvalue weighted by atomic mass is 127. The van der Waals surface area contributed by atoms with Gasteiger partial charge in [0.15, 0.2) is 8.57 Å². The van der Waals surface area contributed by atoms with Crippen LogP contribution >= 0.6 is 49.9 Å². The molecule has 0 fully saturated rings. The molecule has 0 N–H and O–H groups in total. The number of nitrogens with zero attached hydrogens (tertiary/aromatic N) is 3. The van der Waals surface area contributed by atoms with E-state index in [-0.39, 0.29) is 12.2 Å². The average molecular weight is 642 g/mol. The zero-order chi connectivity index (χ0) is 23.9. The number of carbonyl (C=O) groups excluding carboxylic acids is 1. The Hall–Kier alpha value is -2.18. The molecule has 1 atom stereocenters. The van der Waals surface area contributed by atoms with E-state index in [1.807, 2.05) is 49.3 Å². The third-order valence-corrected chi connectivity index (χ3v) is 8.29. The van der Waals surface area contributed by atoms with Crippen LogP contribution in [0.25, 0.3) is 6.08 Å². The summed E-state index contributed by atoms with van der Waals surface area (Å²) in [4.78, 5) is 33.6. The van der Waals surface area contributed by atoms with Crippen LogP contribution in [0.3, 0.4) is 0 Å². The van der Waals surface area contributed by atoms with E-state index < -0.39 is 12.0 Å². The summed E-state index contributed by atoms with van der Waals surface area (Å²) in [5.74, 6) is 0.0870. The zero-order valence-electron chi connectivity index (χ0n) is 18.4. The molecule has 0 unspecified atom stereocenters. The Morgan fingerprint density at radius 1 is 1.36 bits per heavy atom. The first-order chi connectivity index (χ1) is 15.7. The zero-order valence-corrected chi connectivity index (χ0v) is 22.9. The van der Waals surface area contributed by atoms with Crippen LogP contribution in [0.4, 0.5) is 5.69 Å². The molecular weight excluding hydrogens is 621 g/mol. The van der Waals surface area contributed by atoms with Crippen molar-refractivity contribution in [3.63, 3.8) is 0 Å². The van der Waals surface area contributed by atoms with Crippen molar-refractivity contribution in [2.45, 2.75) is 19.9 Å². The Kier molecular flexibility index (Phi) is 6.96. The van der Waals surface area contributed by atoms with E-state index in [9.17, 15) is 9.59 Å². The minimum atomic E-state index is -0.637. The van der Waals surface area contributed by atoms with E-state index in [0.717, 1.165) is 15.7 Å². The molecule has 0 radical (unpaired) electrons. The number of benzene rings is 1. The second-order valence-corrected chi connectivity index (χ2v) is 10.4. The van der Waals surface area contributed by atoms with Gasteiger partial charge in [0.2, 0.25) is 0 Å². The Balaban J connectivity index is 1.93. The standard InChI is InChI=1S/C23H21BrIN3O4S/c1-5-31-22(30)18-12(2)26-23-28(19(18)13-6-8-14(9-7-13)27(3)4)21(29)17(33-23)11-15-10-16(24)20(25)32-15/h6-11,19H,5H2,1-4H3/b17-11+/t19-/m1/s1. The van der Waals surface area contributed by atoms with Gasteiger partial charge in [-0.25, -0.2) is 9.79 Å². The van der Waals surface area contributed by atoms with Crippen molar-refractivity contribution in [1.82, 2.24) is 4.57 Å². The number of furan rings is 1. The maximum atomic E-state index is 13.5. The topological polar surface area (TPSA) is 77.0 Å². The molecule has 1 aliphatic heterocycles. The van der Waals surface area contributed by atoms with E-state index in [2.05, 4.69) is 43.5 Å². The summed E-state index contributed by atoms with van der Waals surface area (Å²) in [7, 11) is 3.92. The third kappa shape index (κ3) is 4.60. The SMILES string of the molecule is CCOC(=O)C1=C(C)N=c2s/c(=C/c3cc(Br)c(I)o3)c(=O)n2[C@@H]1c1ccc(N(C)C)cc1. The van der Waals surface area contributed by atoms with Gasteiger partial charge in [0.05, 0.1) is 32.9 Å². The van der Waals surface area contributed by atoms with Crippen molar-refractivity contribution in [1.29, 1.82) is 0 Å². The second kappa shape index (κ2) is 9.59. The number of anilines is 1. The van der Waals surface area contributed by atoms with Gasteiger partial charge in [-0.2, -0.15) is 0 Å². The van der Waals surface area contributed by atoms with E-state index in [4.69, 9.17) is 9.15 Å². The Morgan fingerprint density at radius 3 is 2.64 bits per heavy atom. The van der Waals surface area contributed by atoms with Gasteiger partial charge in [0.1, 0.15) is 5.76 Å². The molecule has 0 bridgehead atoms. The Morgan fingerprint density at radius 2 is 2.06 bits per heavy atom. The predicted octanol–water partition coefficient (Wildman–Crippen LogP) is 3.82. The summed E-state index contributed by atoms with van der Waals surface area (Å²) < 4.78 is 14.6. The quantitative estimate of drug-likeness (QED) is 0.313. The molecule has 3 heterocycles. The van der Waals surface area contributed by atoms with Gasteiger partial charge in [0.25, 0.3) is 5.56 Å². The van der Waals surface area contributed by atoms with E-state index >= 15 is 0 Å². The summed E-state index contributed by atoms with van der Waals surface area (Å²) in [5, 5.41) is 0. The molecule has 0 saturated heterocycles. The van der Waals surface area contributed by atoms with E-state index in [1.54, 1.807) is 24.5 Å². The molecular formula is C23H21BrIN3O4S. The van der Waals surface area contributed by atoms with E-state index in [1.165, 1.54) is 11.3 Å². The molecule has 2 aromatic heterocycles. The van der Waals surface area contributed by atoms with Gasteiger partial charge < -0.3 is 14.1 Å². The fraction of sp³-hybridized carbons (Fsp3) is 0.261. The predicted molar refractivity (Wildman–Crippen MR) is 140 cm³/mol. The molecule has 172 valence electrons. The number of ether oxygens (including phenoxy) is 1. The van der Waals surface area contributed by atoms with E-state index in [0.29, 0.717) is 30.1 Å². The number of aromatic nitrogens is 1. The molecule has 0 saturated carbocycles. The number of rotatable bonds is 5. The molecule has 4 rings (SSSR count). The molecule has 7 nitrogen and oxygen atoms in total. The summed E-state index contributed by atoms with van der Waals surface area (Å²) in [6, 6.07) is 8.97. The minimum Gasteiger partial charge on any atom is -0.463 e. The number of hydrogen-bond acceptors (Lipinski definition) is 7. The first-order valence-corrected chi connectivity index (χ1v) is 12.8. The molecule has 3 aromatic rings. The number of allylic oxidation sites excluding steroid dienone is 1. The number of fused-ring (bicyclic) bond motifs is 1. The normalized spacial score (nSPS) is 15.9. The highest BCUT2D eigenvalue weighted by molar-refractivity contribution is 14.1. The first kappa shape index (κ1) is 24.0. The van der Waals surface area contributed by atoms with Crippen molar-refractivity contribution in [3.8, 4) is 0 Å².